The van der Waals surface area contributed by atoms with Gasteiger partial charge < -0.3 is 20.3 Å². The number of hydrogen-bond acceptors (Lipinski definition) is 9. The maximum Gasteiger partial charge on any atom is 0.282 e. The Morgan fingerprint density at radius 2 is 1.88 bits per heavy atom. The van der Waals surface area contributed by atoms with E-state index in [2.05, 4.69) is 25.6 Å². The van der Waals surface area contributed by atoms with E-state index in [9.17, 15) is 19.1 Å². The SMILES string of the molecule is O=C(Cc1ccc(Oc2ccnc3[nH]nc(NC[C@H](O)CO)c23)c(F)c1)c1ccnn(-c2ccc(F)cc2)c1=O. The normalized spacial score (nSPS) is 11.9. The van der Waals surface area contributed by atoms with E-state index in [0.717, 1.165) is 10.7 Å². The number of anilines is 1. The topological polar surface area (TPSA) is 155 Å². The summed E-state index contributed by atoms with van der Waals surface area (Å²) in [6.07, 6.45) is 1.45. The van der Waals surface area contributed by atoms with Gasteiger partial charge in [0.15, 0.2) is 28.8 Å². The van der Waals surface area contributed by atoms with Gasteiger partial charge in [0, 0.05) is 31.4 Å². The number of Topliss-reactive ketones (excluding diaryl/α,β-unsaturated/α-hetero) is 1. The molecule has 0 saturated heterocycles. The monoisotopic (exact) mass is 548 g/mol. The van der Waals surface area contributed by atoms with Crippen LogP contribution < -0.4 is 15.6 Å². The average molecular weight is 549 g/mol. The number of aliphatic hydroxyl groups excluding tert-OH is 2. The van der Waals surface area contributed by atoms with Gasteiger partial charge in [0.25, 0.3) is 5.56 Å². The second-order valence-electron chi connectivity index (χ2n) is 8.73. The Morgan fingerprint density at radius 3 is 2.62 bits per heavy atom. The summed E-state index contributed by atoms with van der Waals surface area (Å²) >= 11 is 0. The van der Waals surface area contributed by atoms with Crippen LogP contribution >= 0.6 is 0 Å². The number of fused-ring (bicyclic) bond motifs is 1. The number of halogens is 2. The zero-order chi connectivity index (χ0) is 28.2. The molecule has 204 valence electrons. The van der Waals surface area contributed by atoms with Gasteiger partial charge in [-0.2, -0.15) is 14.9 Å². The number of hydrogen-bond donors (Lipinski definition) is 4. The average Bonchev–Trinajstić information content (AvgIpc) is 3.38. The number of aliphatic hydroxyl groups is 2. The number of nitrogens with one attached hydrogen (secondary N) is 2. The van der Waals surface area contributed by atoms with Crippen molar-refractivity contribution in [3.05, 3.63) is 100 Å². The maximum absolute atomic E-state index is 15.1. The van der Waals surface area contributed by atoms with Gasteiger partial charge in [-0.1, -0.05) is 6.07 Å². The molecule has 3 heterocycles. The van der Waals surface area contributed by atoms with Gasteiger partial charge in [-0.15, -0.1) is 0 Å². The van der Waals surface area contributed by atoms with E-state index in [-0.39, 0.29) is 35.8 Å². The summed E-state index contributed by atoms with van der Waals surface area (Å²) in [4.78, 5) is 30.0. The molecule has 2 aromatic carbocycles. The third-order valence-corrected chi connectivity index (χ3v) is 5.94. The molecule has 4 N–H and O–H groups in total. The van der Waals surface area contributed by atoms with Crippen LogP contribution in [0.15, 0.2) is 71.8 Å². The Morgan fingerprint density at radius 1 is 1.07 bits per heavy atom. The second-order valence-corrected chi connectivity index (χ2v) is 8.73. The van der Waals surface area contributed by atoms with E-state index < -0.39 is 35.7 Å². The first-order valence-corrected chi connectivity index (χ1v) is 12.0. The van der Waals surface area contributed by atoms with Crippen molar-refractivity contribution < 1.29 is 28.5 Å². The fraction of sp³-hybridized carbons (Fsp3) is 0.148. The summed E-state index contributed by atoms with van der Waals surface area (Å²) in [5, 5.41) is 32.7. The fourth-order valence-electron chi connectivity index (χ4n) is 3.94. The number of rotatable bonds is 10. The first kappa shape index (κ1) is 26.6. The molecule has 0 aliphatic carbocycles. The number of ketones is 1. The number of carbonyl (C=O) groups is 1. The third-order valence-electron chi connectivity index (χ3n) is 5.94. The van der Waals surface area contributed by atoms with Crippen LogP contribution in [0.5, 0.6) is 11.5 Å². The van der Waals surface area contributed by atoms with Crippen molar-refractivity contribution in [2.75, 3.05) is 18.5 Å². The lowest BCUT2D eigenvalue weighted by atomic mass is 10.0. The number of nitrogens with zero attached hydrogens (tertiary/aromatic N) is 4. The third kappa shape index (κ3) is 5.55. The molecule has 5 rings (SSSR count). The first-order valence-electron chi connectivity index (χ1n) is 12.0. The molecule has 0 spiro atoms. The van der Waals surface area contributed by atoms with Gasteiger partial charge in [0.05, 0.1) is 24.0 Å². The zero-order valence-electron chi connectivity index (χ0n) is 20.7. The standard InChI is InChI=1S/C27H22F2N6O5/c28-16-2-4-17(5-3-16)35-27(39)19(7-10-32-35)21(38)12-15-1-6-22(20(29)11-15)40-23-8-9-30-25-24(23)26(34-33-25)31-13-18(37)14-36/h1-11,18,36-37H,12-14H2,(H2,30,31,33,34)/t18-/m0/s1. The van der Waals surface area contributed by atoms with Crippen molar-refractivity contribution in [3.63, 3.8) is 0 Å². The predicted molar refractivity (Wildman–Crippen MR) is 140 cm³/mol. The number of H-pyrrole nitrogens is 1. The van der Waals surface area contributed by atoms with Crippen molar-refractivity contribution in [1.82, 2.24) is 25.0 Å². The van der Waals surface area contributed by atoms with Gasteiger partial charge in [0.1, 0.15) is 17.0 Å². The highest BCUT2D eigenvalue weighted by atomic mass is 19.1. The molecule has 5 aromatic rings. The Balaban J connectivity index is 1.35. The first-order chi connectivity index (χ1) is 19.3. The molecule has 0 bridgehead atoms. The Kier molecular flexibility index (Phi) is 7.57. The van der Waals surface area contributed by atoms with E-state index in [0.29, 0.717) is 22.3 Å². The Bertz CT molecular complexity index is 1740. The molecule has 0 unspecified atom stereocenters. The molecule has 0 saturated carbocycles. The van der Waals surface area contributed by atoms with Crippen LogP contribution in [0.1, 0.15) is 15.9 Å². The molecular weight excluding hydrogens is 526 g/mol. The van der Waals surface area contributed by atoms with Crippen molar-refractivity contribution in [2.24, 2.45) is 0 Å². The largest absolute Gasteiger partial charge is 0.453 e. The molecule has 13 heteroatoms. The quantitative estimate of drug-likeness (QED) is 0.193. The molecule has 40 heavy (non-hydrogen) atoms. The van der Waals surface area contributed by atoms with Gasteiger partial charge in [-0.25, -0.2) is 13.8 Å². The highest BCUT2D eigenvalue weighted by Gasteiger charge is 2.18. The number of aromatic amines is 1. The highest BCUT2D eigenvalue weighted by molar-refractivity contribution is 5.97. The van der Waals surface area contributed by atoms with E-state index >= 15 is 4.39 Å². The van der Waals surface area contributed by atoms with Gasteiger partial charge >= 0.3 is 0 Å². The maximum atomic E-state index is 15.1. The lowest BCUT2D eigenvalue weighted by Crippen LogP contribution is -2.27. The highest BCUT2D eigenvalue weighted by Crippen LogP contribution is 2.34. The van der Waals surface area contributed by atoms with Crippen molar-refractivity contribution in [1.29, 1.82) is 0 Å². The van der Waals surface area contributed by atoms with E-state index in [1.165, 1.54) is 60.9 Å². The summed E-state index contributed by atoms with van der Waals surface area (Å²) in [5.41, 5.74) is 0.120. The van der Waals surface area contributed by atoms with Crippen LogP contribution in [0.3, 0.4) is 0 Å². The van der Waals surface area contributed by atoms with E-state index in [4.69, 9.17) is 9.84 Å². The second kappa shape index (κ2) is 11.4. The van der Waals surface area contributed by atoms with Crippen molar-refractivity contribution in [2.45, 2.75) is 12.5 Å². The molecule has 0 radical (unpaired) electrons. The number of aromatic nitrogens is 5. The summed E-state index contributed by atoms with van der Waals surface area (Å²) in [5.74, 6) is -1.40. The van der Waals surface area contributed by atoms with E-state index in [1.807, 2.05) is 0 Å². The molecule has 11 nitrogen and oxygen atoms in total. The van der Waals surface area contributed by atoms with Gasteiger partial charge in [-0.3, -0.25) is 14.7 Å². The van der Waals surface area contributed by atoms with Crippen LogP contribution in [-0.4, -0.2) is 60.2 Å². The molecule has 3 aromatic heterocycles. The predicted octanol–water partition coefficient (Wildman–Crippen LogP) is 2.76. The van der Waals surface area contributed by atoms with Gasteiger partial charge in [0.2, 0.25) is 0 Å². The van der Waals surface area contributed by atoms with E-state index in [1.54, 1.807) is 0 Å². The molecule has 0 amide bonds. The number of carbonyl (C=O) groups excluding carboxylic acids is 1. The molecule has 0 aliphatic rings. The summed E-state index contributed by atoms with van der Waals surface area (Å²) in [6, 6.07) is 11.9. The zero-order valence-corrected chi connectivity index (χ0v) is 20.7. The lowest BCUT2D eigenvalue weighted by Gasteiger charge is -2.11. The van der Waals surface area contributed by atoms with Crippen LogP contribution in [0, 0.1) is 11.6 Å². The molecule has 0 aliphatic heterocycles. The number of pyridine rings is 1. The fourth-order valence-corrected chi connectivity index (χ4v) is 3.94. The minimum Gasteiger partial charge on any atom is -0.453 e. The molecular formula is C27H22F2N6O5. The van der Waals surface area contributed by atoms with Crippen LogP contribution in [0.2, 0.25) is 0 Å². The molecule has 1 atom stereocenters. The number of benzene rings is 2. The summed E-state index contributed by atoms with van der Waals surface area (Å²) in [6.45, 7) is -0.434. The van der Waals surface area contributed by atoms with Crippen molar-refractivity contribution in [3.8, 4) is 17.2 Å². The van der Waals surface area contributed by atoms with Crippen LogP contribution in [0.4, 0.5) is 14.6 Å². The Hall–Kier alpha value is -5.01. The smallest absolute Gasteiger partial charge is 0.282 e. The molecule has 0 fully saturated rings. The Labute approximate surface area is 224 Å². The van der Waals surface area contributed by atoms with Crippen LogP contribution in [-0.2, 0) is 6.42 Å². The summed E-state index contributed by atoms with van der Waals surface area (Å²) in [7, 11) is 0. The number of ether oxygens (including phenoxy) is 1. The van der Waals surface area contributed by atoms with Crippen LogP contribution in [0.25, 0.3) is 16.7 Å². The minimum absolute atomic E-state index is 0.00826. The van der Waals surface area contributed by atoms with Gasteiger partial charge in [-0.05, 0) is 48.0 Å². The van der Waals surface area contributed by atoms with Crippen molar-refractivity contribution >= 4 is 22.6 Å². The summed E-state index contributed by atoms with van der Waals surface area (Å²) < 4.78 is 35.1. The minimum atomic E-state index is -1.02. The lowest BCUT2D eigenvalue weighted by molar-refractivity contribution is 0.0990.